The quantitative estimate of drug-likeness (QED) is 0.826. The molecule has 1 saturated heterocycles. The second-order valence-electron chi connectivity index (χ2n) is 6.23. The van der Waals surface area contributed by atoms with Crippen LogP contribution in [0.5, 0.6) is 0 Å². The fourth-order valence-electron chi connectivity index (χ4n) is 3.17. The molecule has 1 saturated carbocycles. The zero-order chi connectivity index (χ0) is 13.8. The molecule has 2 atom stereocenters. The molecule has 0 aromatic carbocycles. The van der Waals surface area contributed by atoms with Gasteiger partial charge in [0.05, 0.1) is 0 Å². The molecule has 19 heavy (non-hydrogen) atoms. The standard InChI is InChI=1S/C15H26N2O2/c1-3-4-15(19)17-9-13(7-12-5-6-12)8-14(10-17)16-11(2)18/h12-14H,3-10H2,1-2H3,(H,16,18). The summed E-state index contributed by atoms with van der Waals surface area (Å²) in [5, 5.41) is 3.00. The van der Waals surface area contributed by atoms with E-state index in [4.69, 9.17) is 0 Å². The molecule has 0 aromatic heterocycles. The Morgan fingerprint density at radius 3 is 2.53 bits per heavy atom. The summed E-state index contributed by atoms with van der Waals surface area (Å²) < 4.78 is 0. The van der Waals surface area contributed by atoms with Crippen molar-refractivity contribution in [1.82, 2.24) is 10.2 Å². The number of carbonyl (C=O) groups is 2. The summed E-state index contributed by atoms with van der Waals surface area (Å²) in [4.78, 5) is 25.3. The van der Waals surface area contributed by atoms with E-state index in [1.54, 1.807) is 6.92 Å². The van der Waals surface area contributed by atoms with Gasteiger partial charge in [0.2, 0.25) is 11.8 Å². The van der Waals surface area contributed by atoms with E-state index in [1.807, 2.05) is 11.8 Å². The zero-order valence-corrected chi connectivity index (χ0v) is 12.2. The predicted octanol–water partition coefficient (Wildman–Crippen LogP) is 1.94. The van der Waals surface area contributed by atoms with Gasteiger partial charge in [-0.1, -0.05) is 19.8 Å². The molecule has 108 valence electrons. The van der Waals surface area contributed by atoms with E-state index >= 15 is 0 Å². The number of hydrogen-bond acceptors (Lipinski definition) is 2. The van der Waals surface area contributed by atoms with Gasteiger partial charge in [-0.2, -0.15) is 0 Å². The molecule has 2 unspecified atom stereocenters. The molecule has 1 aliphatic heterocycles. The van der Waals surface area contributed by atoms with E-state index in [0.29, 0.717) is 18.9 Å². The van der Waals surface area contributed by atoms with Gasteiger partial charge in [0.1, 0.15) is 0 Å². The molecule has 0 bridgehead atoms. The van der Waals surface area contributed by atoms with E-state index in [-0.39, 0.29) is 17.9 Å². The first-order valence-corrected chi connectivity index (χ1v) is 7.63. The third-order valence-corrected chi connectivity index (χ3v) is 4.12. The van der Waals surface area contributed by atoms with Crippen LogP contribution in [0.3, 0.4) is 0 Å². The van der Waals surface area contributed by atoms with E-state index in [1.165, 1.54) is 19.3 Å². The highest BCUT2D eigenvalue weighted by atomic mass is 16.2. The summed E-state index contributed by atoms with van der Waals surface area (Å²) in [5.41, 5.74) is 0. The predicted molar refractivity (Wildman–Crippen MR) is 74.5 cm³/mol. The topological polar surface area (TPSA) is 49.4 Å². The van der Waals surface area contributed by atoms with Gasteiger partial charge in [0, 0.05) is 32.5 Å². The second-order valence-corrected chi connectivity index (χ2v) is 6.23. The Morgan fingerprint density at radius 1 is 1.21 bits per heavy atom. The Labute approximate surface area is 115 Å². The van der Waals surface area contributed by atoms with Crippen molar-refractivity contribution in [2.75, 3.05) is 13.1 Å². The minimum atomic E-state index is 0.0139. The second kappa shape index (κ2) is 6.40. The Bertz CT molecular complexity index is 339. The van der Waals surface area contributed by atoms with Crippen LogP contribution < -0.4 is 5.32 Å². The first kappa shape index (κ1) is 14.4. The van der Waals surface area contributed by atoms with Crippen LogP contribution in [-0.4, -0.2) is 35.8 Å². The fraction of sp³-hybridized carbons (Fsp3) is 0.867. The molecule has 0 aromatic rings. The van der Waals surface area contributed by atoms with Gasteiger partial charge in [-0.3, -0.25) is 9.59 Å². The smallest absolute Gasteiger partial charge is 0.222 e. The summed E-state index contributed by atoms with van der Waals surface area (Å²) in [7, 11) is 0. The van der Waals surface area contributed by atoms with Gasteiger partial charge in [-0.15, -0.1) is 0 Å². The molecule has 2 amide bonds. The molecule has 2 fully saturated rings. The average Bonchev–Trinajstić information content (AvgIpc) is 3.12. The minimum absolute atomic E-state index is 0.0139. The van der Waals surface area contributed by atoms with Crippen molar-refractivity contribution >= 4 is 11.8 Å². The van der Waals surface area contributed by atoms with Crippen molar-refractivity contribution in [1.29, 1.82) is 0 Å². The van der Waals surface area contributed by atoms with Crippen molar-refractivity contribution in [2.24, 2.45) is 11.8 Å². The molecule has 4 nitrogen and oxygen atoms in total. The Morgan fingerprint density at radius 2 is 1.95 bits per heavy atom. The van der Waals surface area contributed by atoms with Gasteiger partial charge in [0.15, 0.2) is 0 Å². The molecule has 1 aliphatic carbocycles. The maximum absolute atomic E-state index is 12.1. The maximum atomic E-state index is 12.1. The van der Waals surface area contributed by atoms with Crippen molar-refractivity contribution in [3.05, 3.63) is 0 Å². The van der Waals surface area contributed by atoms with Gasteiger partial charge in [-0.25, -0.2) is 0 Å². The lowest BCUT2D eigenvalue weighted by Gasteiger charge is -2.38. The van der Waals surface area contributed by atoms with Crippen molar-refractivity contribution in [3.63, 3.8) is 0 Å². The molecule has 2 rings (SSSR count). The third-order valence-electron chi connectivity index (χ3n) is 4.12. The lowest BCUT2D eigenvalue weighted by molar-refractivity contribution is -0.134. The van der Waals surface area contributed by atoms with Crippen molar-refractivity contribution < 1.29 is 9.59 Å². The first-order valence-electron chi connectivity index (χ1n) is 7.63. The van der Waals surface area contributed by atoms with Crippen molar-refractivity contribution in [2.45, 2.75) is 58.4 Å². The number of piperidine rings is 1. The largest absolute Gasteiger partial charge is 0.352 e. The number of hydrogen-bond donors (Lipinski definition) is 1. The number of likely N-dealkylation sites (tertiary alicyclic amines) is 1. The lowest BCUT2D eigenvalue weighted by Crippen LogP contribution is -2.52. The average molecular weight is 266 g/mol. The summed E-state index contributed by atoms with van der Waals surface area (Å²) in [6.45, 7) is 5.18. The maximum Gasteiger partial charge on any atom is 0.222 e. The van der Waals surface area contributed by atoms with Crippen molar-refractivity contribution in [3.8, 4) is 0 Å². The number of rotatable bonds is 5. The van der Waals surface area contributed by atoms with Crippen LogP contribution in [0.25, 0.3) is 0 Å². The zero-order valence-electron chi connectivity index (χ0n) is 12.2. The van der Waals surface area contributed by atoms with Gasteiger partial charge in [0.25, 0.3) is 0 Å². The highest BCUT2D eigenvalue weighted by molar-refractivity contribution is 5.77. The Balaban J connectivity index is 1.93. The van der Waals surface area contributed by atoms with E-state index in [2.05, 4.69) is 5.32 Å². The number of amides is 2. The molecule has 0 spiro atoms. The molecule has 4 heteroatoms. The van der Waals surface area contributed by atoms with Crippen LogP contribution in [0.4, 0.5) is 0 Å². The van der Waals surface area contributed by atoms with Gasteiger partial charge >= 0.3 is 0 Å². The fourth-order valence-corrected chi connectivity index (χ4v) is 3.17. The van der Waals surface area contributed by atoms with Crippen LogP contribution in [0.2, 0.25) is 0 Å². The molecule has 1 N–H and O–H groups in total. The summed E-state index contributed by atoms with van der Waals surface area (Å²) >= 11 is 0. The monoisotopic (exact) mass is 266 g/mol. The van der Waals surface area contributed by atoms with Crippen LogP contribution in [-0.2, 0) is 9.59 Å². The highest BCUT2D eigenvalue weighted by Crippen LogP contribution is 2.37. The van der Waals surface area contributed by atoms with Crippen LogP contribution in [0.15, 0.2) is 0 Å². The normalized spacial score (nSPS) is 27.2. The number of nitrogens with zero attached hydrogens (tertiary/aromatic N) is 1. The first-order chi connectivity index (χ1) is 9.08. The molecule has 2 aliphatic rings. The van der Waals surface area contributed by atoms with Gasteiger partial charge < -0.3 is 10.2 Å². The number of carbonyl (C=O) groups excluding carboxylic acids is 2. The minimum Gasteiger partial charge on any atom is -0.352 e. The van der Waals surface area contributed by atoms with E-state index < -0.39 is 0 Å². The van der Waals surface area contributed by atoms with Crippen LogP contribution >= 0.6 is 0 Å². The Hall–Kier alpha value is -1.06. The highest BCUT2D eigenvalue weighted by Gasteiger charge is 2.33. The van der Waals surface area contributed by atoms with Gasteiger partial charge in [-0.05, 0) is 31.1 Å². The lowest BCUT2D eigenvalue weighted by atomic mass is 9.89. The summed E-state index contributed by atoms with van der Waals surface area (Å²) in [5.74, 6) is 1.71. The molecular weight excluding hydrogens is 240 g/mol. The summed E-state index contributed by atoms with van der Waals surface area (Å²) in [6, 6.07) is 0.149. The number of nitrogens with one attached hydrogen (secondary N) is 1. The Kier molecular flexibility index (Phi) is 4.83. The summed E-state index contributed by atoms with van der Waals surface area (Å²) in [6.07, 6.45) is 6.49. The van der Waals surface area contributed by atoms with E-state index in [9.17, 15) is 9.59 Å². The molecule has 0 radical (unpaired) electrons. The van der Waals surface area contributed by atoms with Crippen LogP contribution in [0, 0.1) is 11.8 Å². The van der Waals surface area contributed by atoms with Crippen LogP contribution in [0.1, 0.15) is 52.4 Å². The SMILES string of the molecule is CCCC(=O)N1CC(CC2CC2)CC(NC(C)=O)C1. The molecular formula is C15H26N2O2. The molecule has 1 heterocycles. The van der Waals surface area contributed by atoms with E-state index in [0.717, 1.165) is 25.3 Å². The third kappa shape index (κ3) is 4.51.